The zero-order chi connectivity index (χ0) is 42.3. The van der Waals surface area contributed by atoms with E-state index in [2.05, 4.69) is 70.5 Å². The van der Waals surface area contributed by atoms with Gasteiger partial charge < -0.3 is 14.9 Å². The van der Waals surface area contributed by atoms with Crippen LogP contribution in [0.4, 0.5) is 0 Å². The van der Waals surface area contributed by atoms with E-state index in [1.165, 1.54) is 24.8 Å². The van der Waals surface area contributed by atoms with E-state index in [4.69, 9.17) is 0 Å². The van der Waals surface area contributed by atoms with Gasteiger partial charge in [0.05, 0.1) is 5.92 Å². The number of carbonyl (C=O) groups excluding carboxylic acids is 3. The third-order valence-corrected chi connectivity index (χ3v) is 18.3. The summed E-state index contributed by atoms with van der Waals surface area (Å²) in [5.74, 6) is 2.20. The zero-order valence-corrected chi connectivity index (χ0v) is 37.9. The molecule has 1 aromatic rings. The summed E-state index contributed by atoms with van der Waals surface area (Å²) >= 11 is 0. The molecule has 1 amide bonds. The van der Waals surface area contributed by atoms with E-state index in [9.17, 15) is 24.3 Å². The van der Waals surface area contributed by atoms with Crippen molar-refractivity contribution >= 4 is 23.4 Å². The smallest absolute Gasteiger partial charge is 0.306 e. The number of Topliss-reactive ketones (excluding diaryl/α,β-unsaturated/α-hetero) is 2. The van der Waals surface area contributed by atoms with Crippen LogP contribution >= 0.6 is 0 Å². The number of hydrogen-bond acceptors (Lipinski definition) is 6. The largest absolute Gasteiger partial charge is 0.481 e. The highest BCUT2D eigenvalue weighted by molar-refractivity contribution is 6.00. The van der Waals surface area contributed by atoms with Crippen LogP contribution in [0.1, 0.15) is 161 Å². The van der Waals surface area contributed by atoms with Gasteiger partial charge in [-0.2, -0.15) is 5.10 Å². The number of carbonyl (C=O) groups is 4. The Labute approximate surface area is 349 Å². The van der Waals surface area contributed by atoms with Crippen LogP contribution in [0.2, 0.25) is 0 Å². The molecule has 0 aliphatic heterocycles. The van der Waals surface area contributed by atoms with Crippen molar-refractivity contribution in [3.8, 4) is 0 Å². The minimum Gasteiger partial charge on any atom is -0.481 e. The Morgan fingerprint density at radius 2 is 1.59 bits per heavy atom. The predicted molar refractivity (Wildman–Crippen MR) is 228 cm³/mol. The Hall–Kier alpha value is -2.81. The molecule has 0 aromatic carbocycles. The molecule has 1 heterocycles. The highest BCUT2D eigenvalue weighted by Crippen LogP contribution is 2.74. The molecule has 0 spiro atoms. The van der Waals surface area contributed by atoms with Crippen molar-refractivity contribution in [3.05, 3.63) is 28.6 Å². The van der Waals surface area contributed by atoms with Crippen molar-refractivity contribution in [1.29, 1.82) is 0 Å². The molecule has 6 aliphatic carbocycles. The van der Waals surface area contributed by atoms with E-state index in [1.807, 2.05) is 32.0 Å². The lowest BCUT2D eigenvalue weighted by Gasteiger charge is -2.69. The molecule has 11 unspecified atom stereocenters. The van der Waals surface area contributed by atoms with Gasteiger partial charge in [-0.05, 0) is 154 Å². The van der Waals surface area contributed by atoms with Crippen molar-refractivity contribution in [1.82, 2.24) is 20.0 Å². The molecule has 6 aliphatic rings. The fourth-order valence-corrected chi connectivity index (χ4v) is 15.0. The third-order valence-electron chi connectivity index (χ3n) is 18.3. The monoisotopic (exact) mass is 801 g/mol. The van der Waals surface area contributed by atoms with Gasteiger partial charge in [0.2, 0.25) is 0 Å². The third kappa shape index (κ3) is 7.07. The van der Waals surface area contributed by atoms with Gasteiger partial charge in [-0.25, -0.2) is 0 Å². The first-order valence-corrected chi connectivity index (χ1v) is 23.2. The van der Waals surface area contributed by atoms with Crippen molar-refractivity contribution < 1.29 is 24.3 Å². The van der Waals surface area contributed by atoms with Gasteiger partial charge in [-0.1, -0.05) is 67.9 Å². The van der Waals surface area contributed by atoms with E-state index in [1.54, 1.807) is 0 Å². The number of aliphatic carboxylic acids is 1. The number of fused-ring (bicyclic) bond motifs is 7. The number of ketones is 2. The molecular weight excluding hydrogens is 725 g/mol. The molecule has 5 fully saturated rings. The molecule has 11 atom stereocenters. The lowest BCUT2D eigenvalue weighted by Crippen LogP contribution is -2.62. The Morgan fingerprint density at radius 3 is 2.21 bits per heavy atom. The summed E-state index contributed by atoms with van der Waals surface area (Å²) in [6.07, 6.45) is 11.6. The second-order valence-corrected chi connectivity index (χ2v) is 22.4. The maximum Gasteiger partial charge on any atom is 0.306 e. The fraction of sp³-hybridized carbons (Fsp3) is 0.816. The Bertz CT molecular complexity index is 1810. The van der Waals surface area contributed by atoms with Crippen LogP contribution < -0.4 is 0 Å². The van der Waals surface area contributed by atoms with Crippen LogP contribution in [0.5, 0.6) is 0 Å². The molecule has 0 bridgehead atoms. The minimum atomic E-state index is -0.759. The lowest BCUT2D eigenvalue weighted by molar-refractivity contribution is -0.193. The predicted octanol–water partition coefficient (Wildman–Crippen LogP) is 9.45. The number of amides is 1. The number of H-pyrrole nitrogens is 1. The Morgan fingerprint density at radius 1 is 0.879 bits per heavy atom. The van der Waals surface area contributed by atoms with Crippen molar-refractivity contribution in [3.63, 3.8) is 0 Å². The summed E-state index contributed by atoms with van der Waals surface area (Å²) in [5.41, 5.74) is 4.27. The van der Waals surface area contributed by atoms with Crippen molar-refractivity contribution in [2.24, 2.45) is 74.9 Å². The van der Waals surface area contributed by atoms with Gasteiger partial charge in [0.15, 0.2) is 5.78 Å². The summed E-state index contributed by atoms with van der Waals surface area (Å²) in [6.45, 7) is 22.8. The second-order valence-electron chi connectivity index (χ2n) is 22.4. The molecule has 0 saturated heterocycles. The highest BCUT2D eigenvalue weighted by atomic mass is 16.4. The van der Waals surface area contributed by atoms with E-state index >= 15 is 0 Å². The van der Waals surface area contributed by atoms with Crippen LogP contribution in [0.3, 0.4) is 0 Å². The number of nitrogens with zero attached hydrogens (tertiary/aromatic N) is 3. The van der Waals surface area contributed by atoms with E-state index < -0.39 is 5.97 Å². The van der Waals surface area contributed by atoms with Crippen molar-refractivity contribution in [2.45, 2.75) is 145 Å². The topological polar surface area (TPSA) is 124 Å². The molecule has 9 nitrogen and oxygen atoms in total. The van der Waals surface area contributed by atoms with E-state index in [-0.39, 0.29) is 57.2 Å². The first-order valence-electron chi connectivity index (χ1n) is 23.2. The van der Waals surface area contributed by atoms with Crippen LogP contribution in [0, 0.1) is 74.9 Å². The number of aromatic amines is 1. The van der Waals surface area contributed by atoms with E-state index in [0.29, 0.717) is 79.2 Å². The SMILES string of the molecule is CC(C)C1=C2C3CCC4C(C)(CCC5C(C)(C)C(CC(=O)C6CC(C(=O)O)C6C)CCC54C)C3CCC2(CCN(CCN(C)C)C(=O)c2cc(C(C)C)[nH]n2)CC1=O. The van der Waals surface area contributed by atoms with E-state index in [0.717, 1.165) is 56.3 Å². The van der Waals surface area contributed by atoms with Gasteiger partial charge in [0.25, 0.3) is 5.91 Å². The standard InChI is InChI=1S/C49H76N4O5/c1-28(2)36-26-37(51-50-36)44(56)53(23-22-52(10)11)21-20-49-19-15-35-32(43(49)42(29(3)4)39(55)27-49)12-13-41-47(35,8)18-16-40-46(6,7)31(14-17-48(40,41)9)24-38(54)33-25-34(30(33)5)45(57)58/h26,28-35,40-41H,12-25,27H2,1-11H3,(H,50,51)(H,57,58). The molecule has 9 heteroatoms. The van der Waals surface area contributed by atoms with Crippen molar-refractivity contribution in [2.75, 3.05) is 33.7 Å². The minimum absolute atomic E-state index is 0.0292. The number of carboxylic acids is 1. The maximum absolute atomic E-state index is 14.2. The number of carboxylic acid groups (broad SMARTS) is 1. The summed E-state index contributed by atoms with van der Waals surface area (Å²) in [4.78, 5) is 57.8. The first-order chi connectivity index (χ1) is 27.2. The van der Waals surface area contributed by atoms with Crippen LogP contribution in [-0.4, -0.2) is 82.3 Å². The van der Waals surface area contributed by atoms with Crippen LogP contribution in [0.25, 0.3) is 0 Å². The van der Waals surface area contributed by atoms with Gasteiger partial charge in [-0.15, -0.1) is 0 Å². The molecule has 5 saturated carbocycles. The quantitative estimate of drug-likeness (QED) is 0.204. The molecule has 58 heavy (non-hydrogen) atoms. The molecule has 0 radical (unpaired) electrons. The molecule has 7 rings (SSSR count). The first kappa shape index (κ1) is 43.3. The molecule has 1 aromatic heterocycles. The fourth-order valence-electron chi connectivity index (χ4n) is 15.0. The maximum atomic E-state index is 14.2. The molecule has 2 N–H and O–H groups in total. The van der Waals surface area contributed by atoms with Gasteiger partial charge in [0, 0.05) is 49.5 Å². The number of nitrogens with one attached hydrogen (secondary N) is 1. The Kier molecular flexibility index (Phi) is 11.6. The summed E-state index contributed by atoms with van der Waals surface area (Å²) < 4.78 is 0. The Balaban J connectivity index is 1.11. The van der Waals surface area contributed by atoms with Gasteiger partial charge >= 0.3 is 5.97 Å². The average Bonchev–Trinajstić information content (AvgIpc) is 3.75. The molecular formula is C49H76N4O5. The molecule has 322 valence electrons. The summed E-state index contributed by atoms with van der Waals surface area (Å²) in [6, 6.07) is 1.91. The summed E-state index contributed by atoms with van der Waals surface area (Å²) in [5, 5.41) is 17.1. The highest BCUT2D eigenvalue weighted by Gasteiger charge is 2.66. The number of likely N-dealkylation sites (N-methyl/N-ethyl adjacent to an activating group) is 1. The summed E-state index contributed by atoms with van der Waals surface area (Å²) in [7, 11) is 4.10. The normalized spacial score (nSPS) is 37.9. The van der Waals surface area contributed by atoms with Gasteiger partial charge in [0.1, 0.15) is 11.5 Å². The lowest BCUT2D eigenvalue weighted by atomic mass is 9.35. The average molecular weight is 801 g/mol. The number of rotatable bonds is 13. The number of hydrogen-bond donors (Lipinski definition) is 2. The zero-order valence-electron chi connectivity index (χ0n) is 37.9. The van der Waals surface area contributed by atoms with Crippen LogP contribution in [0.15, 0.2) is 17.2 Å². The second kappa shape index (κ2) is 15.6. The van der Waals surface area contributed by atoms with Gasteiger partial charge in [-0.3, -0.25) is 24.3 Å². The van der Waals surface area contributed by atoms with Crippen LogP contribution in [-0.2, 0) is 14.4 Å². The number of allylic oxidation sites excluding steroid dienone is 2. The number of aromatic nitrogens is 2.